The van der Waals surface area contributed by atoms with Crippen molar-refractivity contribution in [3.63, 3.8) is 0 Å². The van der Waals surface area contributed by atoms with Gasteiger partial charge in [0.05, 0.1) is 28.1 Å². The maximum Gasteiger partial charge on any atom is 0.328 e. The van der Waals surface area contributed by atoms with E-state index in [9.17, 15) is 19.1 Å². The molecule has 0 saturated heterocycles. The molecular weight excluding hydrogens is 437 g/mol. The number of amides is 3. The number of urea groups is 1. The molecule has 2 N–H and O–H groups in total. The number of nitrogens with zero attached hydrogens (tertiary/aromatic N) is 4. The minimum atomic E-state index is -0.590. The van der Waals surface area contributed by atoms with Crippen LogP contribution in [0.25, 0.3) is 0 Å². The molecule has 1 aromatic heterocycles. The number of hydrogen-bond donors (Lipinski definition) is 2. The second kappa shape index (κ2) is 8.13. The van der Waals surface area contributed by atoms with Crippen molar-refractivity contribution >= 4 is 29.2 Å². The van der Waals surface area contributed by atoms with Gasteiger partial charge < -0.3 is 15.3 Å². The average Bonchev–Trinajstić information content (AvgIpc) is 3.55. The van der Waals surface area contributed by atoms with Crippen LogP contribution in [0.5, 0.6) is 0 Å². The zero-order valence-electron chi connectivity index (χ0n) is 17.7. The number of imide groups is 1. The summed E-state index contributed by atoms with van der Waals surface area (Å²) in [4.78, 5) is 29.4. The minimum absolute atomic E-state index is 0.0489. The summed E-state index contributed by atoms with van der Waals surface area (Å²) >= 11 is 5.79. The predicted molar refractivity (Wildman–Crippen MR) is 116 cm³/mol. The van der Waals surface area contributed by atoms with E-state index in [2.05, 4.69) is 15.3 Å². The second-order valence-electron chi connectivity index (χ2n) is 9.00. The standard InChI is InChI=1S/C22H25ClFN5O3/c1-27-9-13(20(30)12-2-3-12)10-29-18(11-27)19-17(26-29)6-7-28(21(19)31)22(32)25-14-4-5-16(24)15(23)8-14/h4-5,8,12-13,20,30H,2-3,6-7,9-11H2,1H3,(H,25,32). The highest BCUT2D eigenvalue weighted by Gasteiger charge is 2.40. The Morgan fingerprint density at radius 2 is 2.09 bits per heavy atom. The first kappa shape index (κ1) is 21.4. The van der Waals surface area contributed by atoms with E-state index in [-0.39, 0.29) is 23.6 Å². The molecule has 170 valence electrons. The van der Waals surface area contributed by atoms with Crippen molar-refractivity contribution in [3.05, 3.63) is 46.0 Å². The molecule has 2 aromatic rings. The first-order chi connectivity index (χ1) is 15.3. The molecule has 1 fully saturated rings. The number of aliphatic hydroxyl groups excluding tert-OH is 1. The summed E-state index contributed by atoms with van der Waals surface area (Å²) in [6.07, 6.45) is 2.21. The molecule has 1 saturated carbocycles. The van der Waals surface area contributed by atoms with Crippen LogP contribution < -0.4 is 5.32 Å². The number of hydrogen-bond acceptors (Lipinski definition) is 5. The molecule has 3 heterocycles. The summed E-state index contributed by atoms with van der Waals surface area (Å²) < 4.78 is 15.2. The van der Waals surface area contributed by atoms with Gasteiger partial charge in [-0.3, -0.25) is 14.4 Å². The Kier molecular flexibility index (Phi) is 5.43. The van der Waals surface area contributed by atoms with Crippen molar-refractivity contribution < 1.29 is 19.1 Å². The molecule has 1 aromatic carbocycles. The van der Waals surface area contributed by atoms with E-state index in [4.69, 9.17) is 11.6 Å². The Labute approximate surface area is 189 Å². The van der Waals surface area contributed by atoms with Crippen molar-refractivity contribution in [2.45, 2.75) is 38.5 Å². The number of fused-ring (bicyclic) bond motifs is 3. The van der Waals surface area contributed by atoms with Crippen molar-refractivity contribution in [1.82, 2.24) is 19.6 Å². The third-order valence-corrected chi connectivity index (χ3v) is 6.83. The number of carbonyl (C=O) groups excluding carboxylic acids is 2. The Balaban J connectivity index is 1.38. The molecule has 3 amide bonds. The molecule has 8 nitrogen and oxygen atoms in total. The van der Waals surface area contributed by atoms with Gasteiger partial charge in [0.2, 0.25) is 0 Å². The molecule has 2 aliphatic heterocycles. The van der Waals surface area contributed by atoms with Gasteiger partial charge >= 0.3 is 6.03 Å². The third-order valence-electron chi connectivity index (χ3n) is 6.54. The van der Waals surface area contributed by atoms with Gasteiger partial charge in [-0.05, 0) is 44.0 Å². The van der Waals surface area contributed by atoms with Crippen molar-refractivity contribution in [3.8, 4) is 0 Å². The van der Waals surface area contributed by atoms with Crippen molar-refractivity contribution in [1.29, 1.82) is 0 Å². The van der Waals surface area contributed by atoms with Crippen LogP contribution in [0.1, 0.15) is 34.6 Å². The van der Waals surface area contributed by atoms with Crippen LogP contribution in [0, 0.1) is 17.7 Å². The Morgan fingerprint density at radius 1 is 1.31 bits per heavy atom. The summed E-state index contributed by atoms with van der Waals surface area (Å²) in [5.74, 6) is -0.568. The zero-order valence-corrected chi connectivity index (χ0v) is 18.5. The van der Waals surface area contributed by atoms with Crippen LogP contribution in [-0.2, 0) is 19.5 Å². The van der Waals surface area contributed by atoms with Crippen LogP contribution in [0.4, 0.5) is 14.9 Å². The summed E-state index contributed by atoms with van der Waals surface area (Å²) in [6, 6.07) is 3.27. The highest BCUT2D eigenvalue weighted by molar-refractivity contribution is 6.31. The Hall–Kier alpha value is -2.49. The minimum Gasteiger partial charge on any atom is -0.392 e. The van der Waals surface area contributed by atoms with Crippen molar-refractivity contribution in [2.24, 2.45) is 11.8 Å². The normalized spacial score (nSPS) is 22.2. The second-order valence-corrected chi connectivity index (χ2v) is 9.41. The number of aromatic nitrogens is 2. The molecule has 0 bridgehead atoms. The molecule has 2 atom stereocenters. The number of carbonyl (C=O) groups is 2. The van der Waals surface area contributed by atoms with Gasteiger partial charge in [0.1, 0.15) is 5.82 Å². The number of halogens is 2. The maximum atomic E-state index is 13.4. The summed E-state index contributed by atoms with van der Waals surface area (Å²) in [6.45, 7) is 2.00. The highest BCUT2D eigenvalue weighted by Crippen LogP contribution is 2.37. The van der Waals surface area contributed by atoms with Crippen LogP contribution in [0.15, 0.2) is 18.2 Å². The number of benzene rings is 1. The van der Waals surface area contributed by atoms with E-state index in [1.54, 1.807) is 0 Å². The summed E-state index contributed by atoms with van der Waals surface area (Å²) in [5.41, 5.74) is 2.25. The van der Waals surface area contributed by atoms with Gasteiger partial charge in [0, 0.05) is 44.2 Å². The van der Waals surface area contributed by atoms with Crippen LogP contribution >= 0.6 is 11.6 Å². The number of aliphatic hydroxyl groups is 1. The van der Waals surface area contributed by atoms with Crippen molar-refractivity contribution in [2.75, 3.05) is 25.5 Å². The molecular formula is C22H25ClFN5O3. The van der Waals surface area contributed by atoms with Gasteiger partial charge in [-0.15, -0.1) is 0 Å². The van der Waals surface area contributed by atoms with E-state index in [1.165, 1.54) is 12.1 Å². The van der Waals surface area contributed by atoms with E-state index >= 15 is 0 Å². The lowest BCUT2D eigenvalue weighted by Crippen LogP contribution is -2.44. The SMILES string of the molecule is CN1Cc2c3c(nn2CC(C(O)C2CC2)C1)CCN(C(=O)Nc1ccc(F)c(Cl)c1)C3=O. The Bertz CT molecular complexity index is 1090. The fourth-order valence-corrected chi connectivity index (χ4v) is 4.92. The first-order valence-electron chi connectivity index (χ1n) is 10.8. The lowest BCUT2D eigenvalue weighted by molar-refractivity contribution is 0.0610. The third kappa shape index (κ3) is 3.89. The molecule has 1 aliphatic carbocycles. The molecule has 3 aliphatic rings. The largest absolute Gasteiger partial charge is 0.392 e. The van der Waals surface area contributed by atoms with Crippen LogP contribution in [0.3, 0.4) is 0 Å². The summed E-state index contributed by atoms with van der Waals surface area (Å²) in [5, 5.41) is 17.9. The van der Waals surface area contributed by atoms with Gasteiger partial charge in [-0.25, -0.2) is 9.18 Å². The molecule has 0 spiro atoms. The lowest BCUT2D eigenvalue weighted by Gasteiger charge is -2.26. The van der Waals surface area contributed by atoms with Gasteiger partial charge in [-0.2, -0.15) is 5.10 Å². The fraction of sp³-hybridized carbons (Fsp3) is 0.500. The number of nitrogens with one attached hydrogen (secondary N) is 1. The quantitative estimate of drug-likeness (QED) is 0.733. The molecule has 5 rings (SSSR count). The lowest BCUT2D eigenvalue weighted by atomic mass is 9.98. The topological polar surface area (TPSA) is 90.7 Å². The van der Waals surface area contributed by atoms with Crippen LogP contribution in [-0.4, -0.2) is 62.9 Å². The Morgan fingerprint density at radius 3 is 2.81 bits per heavy atom. The van der Waals surface area contributed by atoms with Crippen LogP contribution in [0.2, 0.25) is 5.02 Å². The van der Waals surface area contributed by atoms with Gasteiger partial charge in [0.15, 0.2) is 0 Å². The van der Waals surface area contributed by atoms with E-state index in [1.807, 2.05) is 11.7 Å². The molecule has 10 heteroatoms. The van der Waals surface area contributed by atoms with E-state index in [0.717, 1.165) is 36.0 Å². The van der Waals surface area contributed by atoms with Gasteiger partial charge in [0.25, 0.3) is 5.91 Å². The zero-order chi connectivity index (χ0) is 22.6. The monoisotopic (exact) mass is 461 g/mol. The smallest absolute Gasteiger partial charge is 0.328 e. The average molecular weight is 462 g/mol. The predicted octanol–water partition coefficient (Wildman–Crippen LogP) is 2.74. The summed E-state index contributed by atoms with van der Waals surface area (Å²) in [7, 11) is 1.97. The molecule has 0 radical (unpaired) electrons. The first-order valence-corrected chi connectivity index (χ1v) is 11.2. The molecule has 2 unspecified atom stereocenters. The number of anilines is 1. The van der Waals surface area contributed by atoms with Gasteiger partial charge in [-0.1, -0.05) is 11.6 Å². The van der Waals surface area contributed by atoms with E-state index in [0.29, 0.717) is 42.4 Å². The number of rotatable bonds is 3. The highest BCUT2D eigenvalue weighted by atomic mass is 35.5. The molecule has 32 heavy (non-hydrogen) atoms. The van der Waals surface area contributed by atoms with E-state index < -0.39 is 17.8 Å². The maximum absolute atomic E-state index is 13.4. The fourth-order valence-electron chi connectivity index (χ4n) is 4.74.